The number of likely N-dealkylation sites (N-methyl/N-ethyl adjacent to an activating group) is 1. The number of likely N-dealkylation sites (tertiary alicyclic amines) is 1. The fourth-order valence-electron chi connectivity index (χ4n) is 7.21. The molecule has 0 bridgehead atoms. The predicted octanol–water partition coefficient (Wildman–Crippen LogP) is 1.26. The third-order valence-electron chi connectivity index (χ3n) is 9.32. The van der Waals surface area contributed by atoms with Gasteiger partial charge < -0.3 is 35.7 Å². The number of carbonyl (C=O) groups excluding carboxylic acids is 3. The second kappa shape index (κ2) is 9.69. The Labute approximate surface area is 232 Å². The van der Waals surface area contributed by atoms with E-state index in [9.17, 15) is 39.9 Å². The molecule has 1 heterocycles. The van der Waals surface area contributed by atoms with Crippen LogP contribution in [-0.2, 0) is 9.59 Å². The van der Waals surface area contributed by atoms with Crippen molar-refractivity contribution in [1.29, 1.82) is 0 Å². The molecule has 6 atom stereocenters. The topological polar surface area (TPSA) is 171 Å². The number of aliphatic hydroxyl groups excluding tert-OH is 3. The van der Waals surface area contributed by atoms with Gasteiger partial charge in [0.1, 0.15) is 22.8 Å². The molecule has 1 saturated heterocycles. The van der Waals surface area contributed by atoms with E-state index in [-0.39, 0.29) is 22.9 Å². The first-order chi connectivity index (χ1) is 18.7. The number of hydrogen-bond donors (Lipinski definition) is 6. The summed E-state index contributed by atoms with van der Waals surface area (Å²) >= 11 is 0. The second-order valence-corrected chi connectivity index (χ2v) is 11.9. The number of Topliss-reactive ketones (excluding diaryl/α,β-unsaturated/α-hetero) is 3. The zero-order valence-corrected chi connectivity index (χ0v) is 23.3. The molecule has 1 aromatic rings. The van der Waals surface area contributed by atoms with Crippen LogP contribution in [0, 0.1) is 11.8 Å². The molecular weight excluding hydrogens is 518 g/mol. The van der Waals surface area contributed by atoms with Crippen LogP contribution in [0.5, 0.6) is 5.75 Å². The van der Waals surface area contributed by atoms with Gasteiger partial charge in [-0.3, -0.25) is 19.3 Å². The molecular formula is C29H37N3O8. The molecule has 11 heteroatoms. The van der Waals surface area contributed by atoms with Crippen LogP contribution < -0.4 is 5.32 Å². The van der Waals surface area contributed by atoms with Gasteiger partial charge in [0.25, 0.3) is 0 Å². The van der Waals surface area contributed by atoms with Crippen molar-refractivity contribution < 1.29 is 39.9 Å². The Morgan fingerprint density at radius 3 is 2.33 bits per heavy atom. The summed E-state index contributed by atoms with van der Waals surface area (Å²) in [5.74, 6) is -7.96. The van der Waals surface area contributed by atoms with Gasteiger partial charge in [-0.2, -0.15) is 0 Å². The monoisotopic (exact) mass is 555 g/mol. The molecule has 4 aliphatic rings. The number of nitrogens with zero attached hydrogens (tertiary/aromatic N) is 2. The summed E-state index contributed by atoms with van der Waals surface area (Å²) in [6.07, 6.45) is 0.120. The molecule has 0 saturated carbocycles. The van der Waals surface area contributed by atoms with Gasteiger partial charge in [0, 0.05) is 17.5 Å². The summed E-state index contributed by atoms with van der Waals surface area (Å²) < 4.78 is 0. The maximum absolute atomic E-state index is 14.0. The van der Waals surface area contributed by atoms with Crippen molar-refractivity contribution in [2.75, 3.05) is 39.5 Å². The van der Waals surface area contributed by atoms with Gasteiger partial charge in [-0.15, -0.1) is 0 Å². The fourth-order valence-corrected chi connectivity index (χ4v) is 7.21. The second-order valence-electron chi connectivity index (χ2n) is 11.9. The average molecular weight is 556 g/mol. The van der Waals surface area contributed by atoms with Crippen LogP contribution in [0.25, 0.3) is 0 Å². The molecule has 11 nitrogen and oxygen atoms in total. The van der Waals surface area contributed by atoms with E-state index in [1.165, 1.54) is 4.90 Å². The lowest BCUT2D eigenvalue weighted by Crippen LogP contribution is -2.68. The van der Waals surface area contributed by atoms with Gasteiger partial charge in [-0.1, -0.05) is 13.0 Å². The van der Waals surface area contributed by atoms with Crippen LogP contribution in [-0.4, -0.2) is 111 Å². The smallest absolute Gasteiger partial charge is 0.209 e. The van der Waals surface area contributed by atoms with Gasteiger partial charge >= 0.3 is 0 Å². The van der Waals surface area contributed by atoms with Crippen molar-refractivity contribution in [3.05, 3.63) is 45.9 Å². The average Bonchev–Trinajstić information content (AvgIpc) is 2.88. The Morgan fingerprint density at radius 1 is 1.12 bits per heavy atom. The highest BCUT2D eigenvalue weighted by Gasteiger charge is 2.67. The molecule has 6 N–H and O–H groups in total. The molecule has 5 rings (SSSR count). The van der Waals surface area contributed by atoms with Gasteiger partial charge in [0.05, 0.1) is 29.3 Å². The molecule has 0 spiro atoms. The highest BCUT2D eigenvalue weighted by molar-refractivity contribution is 6.25. The van der Waals surface area contributed by atoms with Crippen molar-refractivity contribution in [2.45, 2.75) is 56.4 Å². The zero-order chi connectivity index (χ0) is 29.4. The fraction of sp³-hybridized carbons (Fsp3) is 0.552. The molecule has 0 amide bonds. The molecule has 0 aromatic heterocycles. The summed E-state index contributed by atoms with van der Waals surface area (Å²) in [7, 11) is 5.12. The number of ketones is 3. The number of rotatable bonds is 4. The van der Waals surface area contributed by atoms with Crippen LogP contribution >= 0.6 is 0 Å². The van der Waals surface area contributed by atoms with E-state index in [0.29, 0.717) is 11.3 Å². The molecule has 1 fully saturated rings. The van der Waals surface area contributed by atoms with Crippen LogP contribution in [0.3, 0.4) is 0 Å². The number of hydrogen-bond acceptors (Lipinski definition) is 11. The van der Waals surface area contributed by atoms with E-state index in [1.807, 2.05) is 7.05 Å². The first-order valence-electron chi connectivity index (χ1n) is 13.6. The summed E-state index contributed by atoms with van der Waals surface area (Å²) in [6, 6.07) is 2.27. The normalized spacial score (nSPS) is 33.1. The van der Waals surface area contributed by atoms with E-state index in [4.69, 9.17) is 0 Å². The van der Waals surface area contributed by atoms with Crippen LogP contribution in [0.1, 0.15) is 48.5 Å². The number of carbonyl (C=O) groups is 3. The van der Waals surface area contributed by atoms with Crippen LogP contribution in [0.15, 0.2) is 34.8 Å². The first-order valence-corrected chi connectivity index (χ1v) is 13.6. The van der Waals surface area contributed by atoms with E-state index in [0.717, 1.165) is 32.9 Å². The summed E-state index contributed by atoms with van der Waals surface area (Å²) in [5, 5.41) is 60.6. The number of fused-ring (bicyclic) bond motifs is 3. The third-order valence-corrected chi connectivity index (χ3v) is 9.32. The zero-order valence-electron chi connectivity index (χ0n) is 23.3. The van der Waals surface area contributed by atoms with Crippen molar-refractivity contribution in [3.63, 3.8) is 0 Å². The van der Waals surface area contributed by atoms with Crippen LogP contribution in [0.2, 0.25) is 0 Å². The molecule has 1 aliphatic heterocycles. The SMILES string of the molecule is CC(=O)C1=C(O)[C@@H](N(C)C)[C@@H]2[C@@H](O)[C@H]3C(=C(O)[C@]2(O)C1=O)C(=O)c1c(ccc(NC2CCN(C)CC2)c1O)[C@@H]3C. The van der Waals surface area contributed by atoms with Gasteiger partial charge in [0.2, 0.25) is 5.78 Å². The minimum absolute atomic E-state index is 0.0740. The highest BCUT2D eigenvalue weighted by atomic mass is 16.4. The van der Waals surface area contributed by atoms with E-state index >= 15 is 0 Å². The Morgan fingerprint density at radius 2 is 1.75 bits per heavy atom. The summed E-state index contributed by atoms with van der Waals surface area (Å²) in [5.41, 5.74) is -3.19. The van der Waals surface area contributed by atoms with Gasteiger partial charge in [-0.05, 0) is 71.5 Å². The molecule has 0 unspecified atom stereocenters. The maximum Gasteiger partial charge on any atom is 0.209 e. The molecule has 1 aromatic carbocycles. The Hall–Kier alpha value is -3.25. The van der Waals surface area contributed by atoms with Gasteiger partial charge in [0.15, 0.2) is 17.2 Å². The minimum atomic E-state index is -2.85. The Balaban J connectivity index is 1.65. The molecule has 3 aliphatic carbocycles. The largest absolute Gasteiger partial charge is 0.510 e. The first kappa shape index (κ1) is 28.3. The lowest BCUT2D eigenvalue weighted by molar-refractivity contribution is -0.162. The highest BCUT2D eigenvalue weighted by Crippen LogP contribution is 2.56. The van der Waals surface area contributed by atoms with E-state index in [1.54, 1.807) is 33.2 Å². The van der Waals surface area contributed by atoms with Gasteiger partial charge in [-0.25, -0.2) is 0 Å². The van der Waals surface area contributed by atoms with Crippen molar-refractivity contribution in [3.8, 4) is 5.75 Å². The number of aromatic hydroxyl groups is 1. The molecule has 216 valence electrons. The van der Waals surface area contributed by atoms with E-state index < -0.39 is 69.9 Å². The third kappa shape index (κ3) is 3.82. The van der Waals surface area contributed by atoms with Crippen molar-refractivity contribution in [2.24, 2.45) is 11.8 Å². The summed E-state index contributed by atoms with van der Waals surface area (Å²) in [6.45, 7) is 4.54. The van der Waals surface area contributed by atoms with E-state index in [2.05, 4.69) is 10.2 Å². The quantitative estimate of drug-likeness (QED) is 0.233. The number of nitrogens with one attached hydrogen (secondary N) is 1. The lowest BCUT2D eigenvalue weighted by atomic mass is 9.55. The summed E-state index contributed by atoms with van der Waals surface area (Å²) in [4.78, 5) is 43.6. The number of phenolic OH excluding ortho intramolecular Hbond substituents is 1. The molecule has 40 heavy (non-hydrogen) atoms. The predicted molar refractivity (Wildman–Crippen MR) is 145 cm³/mol. The lowest BCUT2D eigenvalue weighted by Gasteiger charge is -2.53. The maximum atomic E-state index is 14.0. The number of anilines is 1. The van der Waals surface area contributed by atoms with Crippen molar-refractivity contribution >= 4 is 23.0 Å². The number of benzene rings is 1. The standard InChI is InChI=1S/C29H37N3O8/c1-12-15-6-7-16(30-14-8-10-32(5)11-9-14)23(34)19(15)24(35)20-17(12)25(36)21-22(31(3)4)26(37)18(13(2)33)27(38)29(21,40)28(20)39/h6-7,12,14,17,21-22,25,30,34,36-37,39-40H,8-11H2,1-5H3/t12-,17+,21+,22-,25-,29+/m0/s1. The number of phenols is 1. The molecule has 0 radical (unpaired) electrons. The number of piperidine rings is 1. The minimum Gasteiger partial charge on any atom is -0.510 e. The Bertz CT molecular complexity index is 1360. The Kier molecular flexibility index (Phi) is 6.85. The number of aliphatic hydroxyl groups is 4. The van der Waals surface area contributed by atoms with Crippen LogP contribution in [0.4, 0.5) is 5.69 Å². The van der Waals surface area contributed by atoms with Crippen molar-refractivity contribution in [1.82, 2.24) is 9.80 Å².